The second kappa shape index (κ2) is 8.22. The first kappa shape index (κ1) is 17.6. The number of halogens is 1. The molecule has 0 N–H and O–H groups in total. The van der Waals surface area contributed by atoms with Gasteiger partial charge in [0.25, 0.3) is 0 Å². The molecule has 0 saturated carbocycles. The van der Waals surface area contributed by atoms with Crippen LogP contribution in [0.1, 0.15) is 25.5 Å². The molecule has 0 radical (unpaired) electrons. The lowest BCUT2D eigenvalue weighted by Crippen LogP contribution is -2.27. The lowest BCUT2D eigenvalue weighted by atomic mass is 10.2. The number of nitrogens with zero attached hydrogens (tertiary/aromatic N) is 1. The summed E-state index contributed by atoms with van der Waals surface area (Å²) in [6.45, 7) is 2.76. The van der Waals surface area contributed by atoms with Crippen molar-refractivity contribution < 1.29 is 27.8 Å². The first-order valence-electron chi connectivity index (χ1n) is 8.22. The second-order valence-corrected chi connectivity index (χ2v) is 5.87. The summed E-state index contributed by atoms with van der Waals surface area (Å²) < 4.78 is 34.4. The van der Waals surface area contributed by atoms with Gasteiger partial charge < -0.3 is 18.6 Å². The number of carbonyl (C=O) groups is 1. The molecule has 1 aromatic carbocycles. The number of oxazole rings is 1. The van der Waals surface area contributed by atoms with Crippen LogP contribution in [-0.4, -0.2) is 36.4 Å². The Kier molecular flexibility index (Phi) is 5.78. The van der Waals surface area contributed by atoms with Crippen molar-refractivity contribution in [1.29, 1.82) is 0 Å². The van der Waals surface area contributed by atoms with Gasteiger partial charge in [-0.05, 0) is 44.0 Å². The van der Waals surface area contributed by atoms with Crippen molar-refractivity contribution in [2.75, 3.05) is 13.2 Å². The molecule has 2 aromatic rings. The maximum Gasteiger partial charge on any atom is 0.335 e. The van der Waals surface area contributed by atoms with E-state index in [-0.39, 0.29) is 18.5 Å². The fourth-order valence-corrected chi connectivity index (χ4v) is 2.46. The number of ether oxygens (including phenoxy) is 3. The largest absolute Gasteiger partial charge is 0.457 e. The SMILES string of the molecule is CC(OCC1CCCO1)C(=O)OCc1coc(-c2ccc(F)cc2)n1. The second-order valence-electron chi connectivity index (χ2n) is 5.87. The Labute approximate surface area is 144 Å². The predicted molar refractivity (Wildman–Crippen MR) is 86.1 cm³/mol. The lowest BCUT2D eigenvalue weighted by Gasteiger charge is -2.15. The van der Waals surface area contributed by atoms with Crippen molar-refractivity contribution in [3.8, 4) is 11.5 Å². The molecule has 0 aliphatic carbocycles. The zero-order valence-corrected chi connectivity index (χ0v) is 13.9. The Morgan fingerprint density at radius 2 is 2.20 bits per heavy atom. The van der Waals surface area contributed by atoms with Crippen molar-refractivity contribution in [2.45, 2.75) is 38.6 Å². The minimum absolute atomic E-state index is 0.0167. The molecule has 1 aliphatic heterocycles. The van der Waals surface area contributed by atoms with Crippen LogP contribution in [0.2, 0.25) is 0 Å². The Balaban J connectivity index is 1.46. The summed E-state index contributed by atoms with van der Waals surface area (Å²) in [5.74, 6) is -0.459. The highest BCUT2D eigenvalue weighted by Gasteiger charge is 2.21. The average Bonchev–Trinajstić information content (AvgIpc) is 3.30. The standard InChI is InChI=1S/C18H20FNO5/c1-12(23-11-16-3-2-8-22-16)18(21)25-10-15-9-24-17(20-15)13-4-6-14(19)7-5-13/h4-7,9,12,16H,2-3,8,10-11H2,1H3. The van der Waals surface area contributed by atoms with Crippen LogP contribution in [0.5, 0.6) is 0 Å². The van der Waals surface area contributed by atoms with Crippen LogP contribution in [0, 0.1) is 5.82 Å². The van der Waals surface area contributed by atoms with Crippen molar-refractivity contribution in [2.24, 2.45) is 0 Å². The number of carbonyl (C=O) groups excluding carboxylic acids is 1. The van der Waals surface area contributed by atoms with E-state index in [4.69, 9.17) is 18.6 Å². The normalized spacial score (nSPS) is 18.2. The molecule has 2 unspecified atom stereocenters. The topological polar surface area (TPSA) is 70.8 Å². The highest BCUT2D eigenvalue weighted by Crippen LogP contribution is 2.19. The zero-order chi connectivity index (χ0) is 17.6. The van der Waals surface area contributed by atoms with Gasteiger partial charge in [0.2, 0.25) is 5.89 Å². The predicted octanol–water partition coefficient (Wildman–Crippen LogP) is 3.11. The van der Waals surface area contributed by atoms with E-state index in [2.05, 4.69) is 4.98 Å². The molecule has 2 heterocycles. The summed E-state index contributed by atoms with van der Waals surface area (Å²) >= 11 is 0. The summed E-state index contributed by atoms with van der Waals surface area (Å²) in [5, 5.41) is 0. The number of aromatic nitrogens is 1. The van der Waals surface area contributed by atoms with E-state index in [0.717, 1.165) is 19.4 Å². The van der Waals surface area contributed by atoms with E-state index in [1.165, 1.54) is 18.4 Å². The van der Waals surface area contributed by atoms with Crippen LogP contribution in [0.15, 0.2) is 34.9 Å². The van der Waals surface area contributed by atoms with E-state index in [0.29, 0.717) is 23.8 Å². The van der Waals surface area contributed by atoms with Gasteiger partial charge >= 0.3 is 5.97 Å². The summed E-state index contributed by atoms with van der Waals surface area (Å²) in [4.78, 5) is 16.2. The maximum atomic E-state index is 12.9. The van der Waals surface area contributed by atoms with Crippen molar-refractivity contribution >= 4 is 5.97 Å². The smallest absolute Gasteiger partial charge is 0.335 e. The van der Waals surface area contributed by atoms with Gasteiger partial charge in [0, 0.05) is 12.2 Å². The molecule has 2 atom stereocenters. The minimum Gasteiger partial charge on any atom is -0.457 e. The van der Waals surface area contributed by atoms with E-state index in [9.17, 15) is 9.18 Å². The first-order valence-corrected chi connectivity index (χ1v) is 8.22. The van der Waals surface area contributed by atoms with Crippen LogP contribution in [-0.2, 0) is 25.6 Å². The van der Waals surface area contributed by atoms with Crippen LogP contribution >= 0.6 is 0 Å². The van der Waals surface area contributed by atoms with Crippen molar-refractivity contribution in [3.05, 3.63) is 42.0 Å². The molecular weight excluding hydrogens is 329 g/mol. The molecule has 25 heavy (non-hydrogen) atoms. The van der Waals surface area contributed by atoms with Gasteiger partial charge in [-0.2, -0.15) is 0 Å². The molecule has 3 rings (SSSR count). The molecule has 134 valence electrons. The molecule has 0 bridgehead atoms. The van der Waals surface area contributed by atoms with Crippen LogP contribution < -0.4 is 0 Å². The molecule has 1 aromatic heterocycles. The monoisotopic (exact) mass is 349 g/mol. The fourth-order valence-electron chi connectivity index (χ4n) is 2.46. The van der Waals surface area contributed by atoms with E-state index < -0.39 is 12.1 Å². The number of hydrogen-bond acceptors (Lipinski definition) is 6. The summed E-state index contributed by atoms with van der Waals surface area (Å²) in [6, 6.07) is 5.79. The zero-order valence-electron chi connectivity index (χ0n) is 13.9. The molecule has 1 fully saturated rings. The van der Waals surface area contributed by atoms with Crippen LogP contribution in [0.25, 0.3) is 11.5 Å². The molecule has 0 amide bonds. The van der Waals surface area contributed by atoms with E-state index in [1.54, 1.807) is 19.1 Å². The van der Waals surface area contributed by atoms with Crippen molar-refractivity contribution in [1.82, 2.24) is 4.98 Å². The van der Waals surface area contributed by atoms with Gasteiger partial charge in [-0.25, -0.2) is 14.2 Å². The minimum atomic E-state index is -0.673. The number of benzene rings is 1. The Bertz CT molecular complexity index is 694. The molecule has 1 aliphatic rings. The molecule has 6 nitrogen and oxygen atoms in total. The molecule has 0 spiro atoms. The van der Waals surface area contributed by atoms with Gasteiger partial charge in [-0.3, -0.25) is 0 Å². The number of hydrogen-bond donors (Lipinski definition) is 0. The summed E-state index contributed by atoms with van der Waals surface area (Å²) in [7, 11) is 0. The van der Waals surface area contributed by atoms with E-state index in [1.807, 2.05) is 0 Å². The molecule has 7 heteroatoms. The Hall–Kier alpha value is -2.25. The first-order chi connectivity index (χ1) is 12.1. The van der Waals surface area contributed by atoms with Gasteiger partial charge in [-0.1, -0.05) is 0 Å². The Morgan fingerprint density at radius 3 is 2.92 bits per heavy atom. The van der Waals surface area contributed by atoms with Gasteiger partial charge in [-0.15, -0.1) is 0 Å². The fraction of sp³-hybridized carbons (Fsp3) is 0.444. The third kappa shape index (κ3) is 4.87. The van der Waals surface area contributed by atoms with Crippen LogP contribution in [0.4, 0.5) is 4.39 Å². The number of esters is 1. The highest BCUT2D eigenvalue weighted by atomic mass is 19.1. The average molecular weight is 349 g/mol. The maximum absolute atomic E-state index is 12.9. The highest BCUT2D eigenvalue weighted by molar-refractivity contribution is 5.74. The van der Waals surface area contributed by atoms with E-state index >= 15 is 0 Å². The van der Waals surface area contributed by atoms with Crippen molar-refractivity contribution in [3.63, 3.8) is 0 Å². The van der Waals surface area contributed by atoms with Crippen LogP contribution in [0.3, 0.4) is 0 Å². The summed E-state index contributed by atoms with van der Waals surface area (Å²) in [6.07, 6.45) is 2.77. The molecule has 1 saturated heterocycles. The molecular formula is C18H20FNO5. The lowest BCUT2D eigenvalue weighted by molar-refractivity contribution is -0.159. The van der Waals surface area contributed by atoms with Gasteiger partial charge in [0.1, 0.15) is 24.4 Å². The van der Waals surface area contributed by atoms with Gasteiger partial charge in [0.05, 0.1) is 12.7 Å². The third-order valence-electron chi connectivity index (χ3n) is 3.89. The number of rotatable bonds is 7. The van der Waals surface area contributed by atoms with Gasteiger partial charge in [0.15, 0.2) is 6.10 Å². The Morgan fingerprint density at radius 1 is 1.40 bits per heavy atom. The summed E-state index contributed by atoms with van der Waals surface area (Å²) in [5.41, 5.74) is 1.12. The third-order valence-corrected chi connectivity index (χ3v) is 3.89. The quantitative estimate of drug-likeness (QED) is 0.715.